The van der Waals surface area contributed by atoms with Crippen molar-refractivity contribution in [3.63, 3.8) is 0 Å². The fourth-order valence-electron chi connectivity index (χ4n) is 1.29. The molecule has 1 aromatic rings. The zero-order valence-corrected chi connectivity index (χ0v) is 9.82. The predicted molar refractivity (Wildman–Crippen MR) is 59.2 cm³/mol. The molecule has 4 nitrogen and oxygen atoms in total. The van der Waals surface area contributed by atoms with Crippen molar-refractivity contribution in [2.75, 3.05) is 0 Å². The van der Waals surface area contributed by atoms with Gasteiger partial charge in [0.2, 0.25) is 5.91 Å². The molecule has 0 aliphatic carbocycles. The normalized spacial score (nSPS) is 14.7. The second kappa shape index (κ2) is 4.96. The number of rotatable bonds is 4. The summed E-state index contributed by atoms with van der Waals surface area (Å²) in [5.74, 6) is 0.179. The molecule has 0 aliphatic rings. The van der Waals surface area contributed by atoms with Gasteiger partial charge in [0.15, 0.2) is 0 Å². The average Bonchev–Trinajstić information content (AvgIpc) is 2.63. The minimum absolute atomic E-state index is 0.0280. The molecule has 1 N–H and O–H groups in total. The number of carbonyl (C=O) groups excluding carboxylic acids is 1. The lowest BCUT2D eigenvalue weighted by Crippen LogP contribution is -2.31. The van der Waals surface area contributed by atoms with E-state index >= 15 is 0 Å². The standard InChI is InChI=1S/C11H19N3O/c1-5-8(2)11(15)13-9(3)10-6-12-14(4)7-10/h6-9H,5H2,1-4H3,(H,13,15)/t8-,9-/m1/s1. The second-order valence-electron chi connectivity index (χ2n) is 3.99. The summed E-state index contributed by atoms with van der Waals surface area (Å²) in [6.07, 6.45) is 4.56. The van der Waals surface area contributed by atoms with Crippen LogP contribution in [0.25, 0.3) is 0 Å². The van der Waals surface area contributed by atoms with E-state index in [1.807, 2.05) is 34.0 Å². The Balaban J connectivity index is 2.56. The van der Waals surface area contributed by atoms with E-state index in [9.17, 15) is 4.79 Å². The summed E-state index contributed by atoms with van der Waals surface area (Å²) in [7, 11) is 1.87. The third-order valence-electron chi connectivity index (χ3n) is 2.64. The first kappa shape index (κ1) is 11.8. The fourth-order valence-corrected chi connectivity index (χ4v) is 1.29. The molecule has 0 aliphatic heterocycles. The van der Waals surface area contributed by atoms with Crippen LogP contribution in [0.4, 0.5) is 0 Å². The summed E-state index contributed by atoms with van der Waals surface area (Å²) in [5.41, 5.74) is 1.04. The first-order valence-electron chi connectivity index (χ1n) is 5.33. The number of hydrogen-bond donors (Lipinski definition) is 1. The molecule has 0 bridgehead atoms. The summed E-state index contributed by atoms with van der Waals surface area (Å²) < 4.78 is 1.74. The first-order valence-corrected chi connectivity index (χ1v) is 5.33. The largest absolute Gasteiger partial charge is 0.349 e. The van der Waals surface area contributed by atoms with Gasteiger partial charge in [-0.25, -0.2) is 0 Å². The summed E-state index contributed by atoms with van der Waals surface area (Å²) in [4.78, 5) is 11.6. The van der Waals surface area contributed by atoms with Gasteiger partial charge in [0.25, 0.3) is 0 Å². The molecule has 15 heavy (non-hydrogen) atoms. The molecule has 0 saturated heterocycles. The summed E-state index contributed by atoms with van der Waals surface area (Å²) in [6, 6.07) is 0.0280. The summed E-state index contributed by atoms with van der Waals surface area (Å²) in [5, 5.41) is 7.04. The van der Waals surface area contributed by atoms with Gasteiger partial charge >= 0.3 is 0 Å². The van der Waals surface area contributed by atoms with Crippen molar-refractivity contribution in [2.45, 2.75) is 33.2 Å². The molecule has 1 amide bonds. The number of carbonyl (C=O) groups is 1. The molecule has 0 aromatic carbocycles. The maximum absolute atomic E-state index is 11.6. The highest BCUT2D eigenvalue weighted by atomic mass is 16.1. The van der Waals surface area contributed by atoms with Gasteiger partial charge < -0.3 is 5.32 Å². The van der Waals surface area contributed by atoms with E-state index in [1.165, 1.54) is 0 Å². The number of aryl methyl sites for hydroxylation is 1. The lowest BCUT2D eigenvalue weighted by molar-refractivity contribution is -0.125. The van der Waals surface area contributed by atoms with Crippen LogP contribution in [-0.4, -0.2) is 15.7 Å². The molecule has 4 heteroatoms. The number of nitrogens with zero attached hydrogens (tertiary/aromatic N) is 2. The lowest BCUT2D eigenvalue weighted by Gasteiger charge is -2.15. The molecule has 0 spiro atoms. The van der Waals surface area contributed by atoms with E-state index in [0.717, 1.165) is 12.0 Å². The van der Waals surface area contributed by atoms with Crippen molar-refractivity contribution in [1.82, 2.24) is 15.1 Å². The minimum Gasteiger partial charge on any atom is -0.349 e. The van der Waals surface area contributed by atoms with Crippen LogP contribution in [0.1, 0.15) is 38.8 Å². The van der Waals surface area contributed by atoms with E-state index in [2.05, 4.69) is 10.4 Å². The van der Waals surface area contributed by atoms with Crippen LogP contribution >= 0.6 is 0 Å². The van der Waals surface area contributed by atoms with Crippen molar-refractivity contribution in [3.05, 3.63) is 18.0 Å². The van der Waals surface area contributed by atoms with Gasteiger partial charge in [0.05, 0.1) is 12.2 Å². The Kier molecular flexibility index (Phi) is 3.88. The van der Waals surface area contributed by atoms with Crippen molar-refractivity contribution in [1.29, 1.82) is 0 Å². The monoisotopic (exact) mass is 209 g/mol. The van der Waals surface area contributed by atoms with Crippen molar-refractivity contribution in [2.24, 2.45) is 13.0 Å². The highest BCUT2D eigenvalue weighted by Gasteiger charge is 2.15. The van der Waals surface area contributed by atoms with Crippen LogP contribution in [0.3, 0.4) is 0 Å². The van der Waals surface area contributed by atoms with Crippen molar-refractivity contribution >= 4 is 5.91 Å². The fraction of sp³-hybridized carbons (Fsp3) is 0.636. The van der Waals surface area contributed by atoms with Gasteiger partial charge in [0, 0.05) is 24.7 Å². The van der Waals surface area contributed by atoms with Crippen LogP contribution in [0.15, 0.2) is 12.4 Å². The van der Waals surface area contributed by atoms with Gasteiger partial charge in [-0.15, -0.1) is 0 Å². The molecule has 0 fully saturated rings. The Hall–Kier alpha value is -1.32. The maximum atomic E-state index is 11.6. The second-order valence-corrected chi connectivity index (χ2v) is 3.99. The summed E-state index contributed by atoms with van der Waals surface area (Å²) in [6.45, 7) is 5.92. The lowest BCUT2D eigenvalue weighted by atomic mass is 10.1. The van der Waals surface area contributed by atoms with Crippen LogP contribution < -0.4 is 5.32 Å². The molecule has 0 unspecified atom stereocenters. The van der Waals surface area contributed by atoms with Gasteiger partial charge in [-0.1, -0.05) is 13.8 Å². The summed E-state index contributed by atoms with van der Waals surface area (Å²) >= 11 is 0. The third kappa shape index (κ3) is 3.08. The predicted octanol–water partition coefficient (Wildman–Crippen LogP) is 1.64. The van der Waals surface area contributed by atoms with E-state index in [1.54, 1.807) is 10.9 Å². The van der Waals surface area contributed by atoms with Gasteiger partial charge in [-0.3, -0.25) is 9.48 Å². The Labute approximate surface area is 90.7 Å². The smallest absolute Gasteiger partial charge is 0.223 e. The highest BCUT2D eigenvalue weighted by Crippen LogP contribution is 2.11. The van der Waals surface area contributed by atoms with E-state index in [0.29, 0.717) is 0 Å². The molecular weight excluding hydrogens is 190 g/mol. The molecular formula is C11H19N3O. The van der Waals surface area contributed by atoms with Gasteiger partial charge in [-0.2, -0.15) is 5.10 Å². The zero-order valence-electron chi connectivity index (χ0n) is 9.82. The SMILES string of the molecule is CC[C@@H](C)C(=O)N[C@H](C)c1cnn(C)c1. The van der Waals surface area contributed by atoms with E-state index < -0.39 is 0 Å². The van der Waals surface area contributed by atoms with Crippen LogP contribution in [-0.2, 0) is 11.8 Å². The molecule has 0 radical (unpaired) electrons. The Morgan fingerprint density at radius 3 is 2.73 bits per heavy atom. The average molecular weight is 209 g/mol. The molecule has 1 rings (SSSR count). The number of aromatic nitrogens is 2. The zero-order chi connectivity index (χ0) is 11.4. The highest BCUT2D eigenvalue weighted by molar-refractivity contribution is 5.78. The Bertz CT molecular complexity index is 332. The molecule has 2 atom stereocenters. The number of hydrogen-bond acceptors (Lipinski definition) is 2. The molecule has 0 saturated carbocycles. The first-order chi connectivity index (χ1) is 7.04. The van der Waals surface area contributed by atoms with Crippen molar-refractivity contribution in [3.8, 4) is 0 Å². The minimum atomic E-state index is 0.0280. The van der Waals surface area contributed by atoms with Crippen molar-refractivity contribution < 1.29 is 4.79 Å². The third-order valence-corrected chi connectivity index (χ3v) is 2.64. The van der Waals surface area contributed by atoms with E-state index in [4.69, 9.17) is 0 Å². The number of amides is 1. The Morgan fingerprint density at radius 2 is 2.27 bits per heavy atom. The molecule has 1 heterocycles. The van der Waals surface area contributed by atoms with Crippen LogP contribution in [0.5, 0.6) is 0 Å². The quantitative estimate of drug-likeness (QED) is 0.819. The van der Waals surface area contributed by atoms with Gasteiger partial charge in [-0.05, 0) is 13.3 Å². The van der Waals surface area contributed by atoms with E-state index in [-0.39, 0.29) is 17.9 Å². The van der Waals surface area contributed by atoms with Gasteiger partial charge in [0.1, 0.15) is 0 Å². The van der Waals surface area contributed by atoms with Crippen LogP contribution in [0, 0.1) is 5.92 Å². The molecule has 1 aromatic heterocycles. The maximum Gasteiger partial charge on any atom is 0.223 e. The molecule has 84 valence electrons. The Morgan fingerprint density at radius 1 is 1.60 bits per heavy atom. The topological polar surface area (TPSA) is 46.9 Å². The number of nitrogens with one attached hydrogen (secondary N) is 1. The van der Waals surface area contributed by atoms with Crippen LogP contribution in [0.2, 0.25) is 0 Å².